The zero-order valence-corrected chi connectivity index (χ0v) is 9.09. The second-order valence-corrected chi connectivity index (χ2v) is 3.60. The van der Waals surface area contributed by atoms with Gasteiger partial charge in [-0.15, -0.1) is 0 Å². The number of aromatic hydroxyl groups is 2. The molecule has 0 amide bonds. The molecule has 2 N–H and O–H groups in total. The van der Waals surface area contributed by atoms with E-state index in [-0.39, 0.29) is 24.1 Å². The first-order valence-electron chi connectivity index (χ1n) is 5.09. The quantitative estimate of drug-likeness (QED) is 0.656. The lowest BCUT2D eigenvalue weighted by molar-refractivity contribution is 0.415. The first-order valence-corrected chi connectivity index (χ1v) is 5.09. The predicted octanol–water partition coefficient (Wildman–Crippen LogP) is 0.0758. The van der Waals surface area contributed by atoms with Gasteiger partial charge in [0.1, 0.15) is 11.8 Å². The number of rotatable bonds is 2. The molecule has 0 radical (unpaired) electrons. The molecule has 8 nitrogen and oxygen atoms in total. The molecule has 0 atom stereocenters. The molecule has 0 unspecified atom stereocenters. The van der Waals surface area contributed by atoms with Crippen LogP contribution in [-0.2, 0) is 6.54 Å². The lowest BCUT2D eigenvalue weighted by Gasteiger charge is -2.03. The highest BCUT2D eigenvalue weighted by atomic mass is 16.3. The van der Waals surface area contributed by atoms with Gasteiger partial charge in [0.25, 0.3) is 0 Å². The van der Waals surface area contributed by atoms with Crippen molar-refractivity contribution < 1.29 is 10.2 Å². The van der Waals surface area contributed by atoms with Crippen LogP contribution in [0.3, 0.4) is 0 Å². The van der Waals surface area contributed by atoms with Gasteiger partial charge in [0.15, 0.2) is 11.5 Å². The van der Waals surface area contributed by atoms with Gasteiger partial charge in [-0.3, -0.25) is 0 Å². The van der Waals surface area contributed by atoms with Gasteiger partial charge in [-0.25, -0.2) is 15.0 Å². The Morgan fingerprint density at radius 1 is 1.11 bits per heavy atom. The van der Waals surface area contributed by atoms with Crippen LogP contribution in [0, 0.1) is 0 Å². The van der Waals surface area contributed by atoms with Crippen LogP contribution in [0.1, 0.15) is 5.82 Å². The number of hydrogen-bond acceptors (Lipinski definition) is 7. The molecule has 0 saturated carbocycles. The Morgan fingerprint density at radius 3 is 2.67 bits per heavy atom. The highest BCUT2D eigenvalue weighted by Crippen LogP contribution is 2.14. The maximum atomic E-state index is 9.28. The van der Waals surface area contributed by atoms with Gasteiger partial charge in [0.05, 0.1) is 25.1 Å². The minimum atomic E-state index is -0.279. The first kappa shape index (κ1) is 10.4. The summed E-state index contributed by atoms with van der Waals surface area (Å²) >= 11 is 0. The largest absolute Gasteiger partial charge is 0.493 e. The fraction of sp³-hybridized carbons (Fsp3) is 0.100. The summed E-state index contributed by atoms with van der Waals surface area (Å²) in [6.07, 6.45) is 4.61. The highest BCUT2D eigenvalue weighted by molar-refractivity contribution is 5.68. The highest BCUT2D eigenvalue weighted by Gasteiger charge is 2.07. The number of aromatic nitrogens is 6. The van der Waals surface area contributed by atoms with Crippen LogP contribution in [0.5, 0.6) is 11.8 Å². The number of hydrogen-bond donors (Lipinski definition) is 2. The molecule has 3 aromatic heterocycles. The van der Waals surface area contributed by atoms with E-state index in [0.717, 1.165) is 11.6 Å². The molecule has 0 saturated heterocycles. The summed E-state index contributed by atoms with van der Waals surface area (Å²) < 4.78 is 1.73. The van der Waals surface area contributed by atoms with Crippen LogP contribution < -0.4 is 0 Å². The van der Waals surface area contributed by atoms with E-state index in [0.29, 0.717) is 5.65 Å². The molecule has 0 spiro atoms. The second-order valence-electron chi connectivity index (χ2n) is 3.60. The van der Waals surface area contributed by atoms with Crippen LogP contribution >= 0.6 is 0 Å². The number of fused-ring (bicyclic) bond motifs is 1. The maximum absolute atomic E-state index is 9.28. The Balaban J connectivity index is 2.01. The normalized spacial score (nSPS) is 10.9. The van der Waals surface area contributed by atoms with E-state index in [1.807, 2.05) is 0 Å². The molecule has 0 aliphatic carbocycles. The lowest BCUT2D eigenvalue weighted by atomic mass is 10.5. The van der Waals surface area contributed by atoms with Crippen LogP contribution in [0.15, 0.2) is 24.9 Å². The summed E-state index contributed by atoms with van der Waals surface area (Å²) in [7, 11) is 0. The van der Waals surface area contributed by atoms with Crippen molar-refractivity contribution in [3.8, 4) is 11.8 Å². The van der Waals surface area contributed by atoms with Crippen molar-refractivity contribution in [1.29, 1.82) is 0 Å². The molecule has 90 valence electrons. The molecule has 0 aliphatic heterocycles. The van der Waals surface area contributed by atoms with Gasteiger partial charge < -0.3 is 14.8 Å². The molecule has 3 heterocycles. The Hall–Kier alpha value is -2.77. The fourth-order valence-corrected chi connectivity index (χ4v) is 1.62. The second kappa shape index (κ2) is 3.91. The Morgan fingerprint density at radius 2 is 1.89 bits per heavy atom. The monoisotopic (exact) mass is 244 g/mol. The van der Waals surface area contributed by atoms with E-state index in [9.17, 15) is 10.2 Å². The predicted molar refractivity (Wildman–Crippen MR) is 59.8 cm³/mol. The summed E-state index contributed by atoms with van der Waals surface area (Å²) in [5.41, 5.74) is 1.29. The zero-order valence-electron chi connectivity index (χ0n) is 9.09. The molecule has 0 aliphatic rings. The van der Waals surface area contributed by atoms with Crippen LogP contribution in [0.25, 0.3) is 11.2 Å². The summed E-state index contributed by atoms with van der Waals surface area (Å²) in [5.74, 6) is -0.285. The standard InChI is InChI=1S/C10H8N6O2/c17-8-1-9(18)15-7(14-8)3-16-5-13-10-6(16)2-11-4-12-10/h1-2,4-5H,3H2,(H2,14,15,17,18). The lowest BCUT2D eigenvalue weighted by Crippen LogP contribution is -2.03. The minimum Gasteiger partial charge on any atom is -0.493 e. The third kappa shape index (κ3) is 1.79. The summed E-state index contributed by atoms with van der Waals surface area (Å²) in [4.78, 5) is 19.6. The average molecular weight is 244 g/mol. The van der Waals surface area contributed by atoms with E-state index >= 15 is 0 Å². The molecule has 8 heteroatoms. The topological polar surface area (TPSA) is 110 Å². The van der Waals surface area contributed by atoms with E-state index in [1.165, 1.54) is 6.33 Å². The van der Waals surface area contributed by atoms with Crippen molar-refractivity contribution in [3.63, 3.8) is 0 Å². The van der Waals surface area contributed by atoms with Gasteiger partial charge in [-0.2, -0.15) is 9.97 Å². The average Bonchev–Trinajstić information content (AvgIpc) is 2.72. The third-order valence-corrected chi connectivity index (χ3v) is 2.36. The van der Waals surface area contributed by atoms with Gasteiger partial charge in [-0.05, 0) is 0 Å². The molecule has 0 fully saturated rings. The Labute approximate surface area is 101 Å². The van der Waals surface area contributed by atoms with Crippen molar-refractivity contribution in [3.05, 3.63) is 30.7 Å². The molecule has 3 aromatic rings. The van der Waals surface area contributed by atoms with Crippen molar-refractivity contribution in [2.45, 2.75) is 6.54 Å². The van der Waals surface area contributed by atoms with E-state index in [4.69, 9.17) is 0 Å². The van der Waals surface area contributed by atoms with Crippen LogP contribution in [0.2, 0.25) is 0 Å². The summed E-state index contributed by atoms with van der Waals surface area (Å²) in [6.45, 7) is 0.256. The van der Waals surface area contributed by atoms with Gasteiger partial charge >= 0.3 is 0 Å². The molecular formula is C10H8N6O2. The fourth-order valence-electron chi connectivity index (χ4n) is 1.62. The first-order chi connectivity index (χ1) is 8.72. The van der Waals surface area contributed by atoms with E-state index < -0.39 is 0 Å². The summed E-state index contributed by atoms with van der Waals surface area (Å²) in [5, 5.41) is 18.6. The van der Waals surface area contributed by atoms with Crippen LogP contribution in [-0.4, -0.2) is 39.7 Å². The van der Waals surface area contributed by atoms with Gasteiger partial charge in [-0.1, -0.05) is 0 Å². The maximum Gasteiger partial charge on any atom is 0.218 e. The third-order valence-electron chi connectivity index (χ3n) is 2.36. The van der Waals surface area contributed by atoms with E-state index in [2.05, 4.69) is 24.9 Å². The van der Waals surface area contributed by atoms with Crippen molar-refractivity contribution in [2.24, 2.45) is 0 Å². The van der Waals surface area contributed by atoms with Gasteiger partial charge in [0, 0.05) is 0 Å². The van der Waals surface area contributed by atoms with E-state index in [1.54, 1.807) is 17.1 Å². The zero-order chi connectivity index (χ0) is 12.5. The molecular weight excluding hydrogens is 236 g/mol. The van der Waals surface area contributed by atoms with Crippen LogP contribution in [0.4, 0.5) is 0 Å². The Kier molecular flexibility index (Phi) is 2.26. The van der Waals surface area contributed by atoms with Crippen molar-refractivity contribution in [2.75, 3.05) is 0 Å². The van der Waals surface area contributed by atoms with Crippen molar-refractivity contribution >= 4 is 11.2 Å². The number of imidazole rings is 1. The smallest absolute Gasteiger partial charge is 0.218 e. The Bertz CT molecular complexity index is 690. The molecule has 18 heavy (non-hydrogen) atoms. The molecule has 0 bridgehead atoms. The number of nitrogens with zero attached hydrogens (tertiary/aromatic N) is 6. The minimum absolute atomic E-state index is 0.256. The van der Waals surface area contributed by atoms with Gasteiger partial charge in [0.2, 0.25) is 11.8 Å². The van der Waals surface area contributed by atoms with Crippen molar-refractivity contribution in [1.82, 2.24) is 29.5 Å². The molecule has 0 aromatic carbocycles. The SMILES string of the molecule is Oc1cc(O)nc(Cn2cnc3ncncc32)n1. The summed E-state index contributed by atoms with van der Waals surface area (Å²) in [6, 6.07) is 1.07. The molecule has 3 rings (SSSR count).